The van der Waals surface area contributed by atoms with E-state index in [1.54, 1.807) is 0 Å². The molecule has 0 radical (unpaired) electrons. The number of anilines is 1. The van der Waals surface area contributed by atoms with Crippen molar-refractivity contribution in [3.63, 3.8) is 0 Å². The Morgan fingerprint density at radius 2 is 1.82 bits per heavy atom. The Morgan fingerprint density at radius 1 is 1.23 bits per heavy atom. The molecule has 1 amide bonds. The van der Waals surface area contributed by atoms with Crippen LogP contribution in [0.1, 0.15) is 5.56 Å². The molecule has 0 aliphatic rings. The van der Waals surface area contributed by atoms with Crippen molar-refractivity contribution in [2.24, 2.45) is 0 Å². The van der Waals surface area contributed by atoms with Crippen LogP contribution in [0.15, 0.2) is 40.9 Å². The maximum Gasteiger partial charge on any atom is 0.262 e. The number of nitrogens with zero attached hydrogens (tertiary/aromatic N) is 1. The van der Waals surface area contributed by atoms with Crippen molar-refractivity contribution in [3.8, 4) is 11.8 Å². The van der Waals surface area contributed by atoms with Crippen LogP contribution >= 0.6 is 15.9 Å². The van der Waals surface area contributed by atoms with Crippen molar-refractivity contribution in [1.29, 1.82) is 5.26 Å². The van der Waals surface area contributed by atoms with Gasteiger partial charge in [0.25, 0.3) is 5.91 Å². The van der Waals surface area contributed by atoms with Gasteiger partial charge in [0.05, 0.1) is 11.6 Å². The fourth-order valence-corrected chi connectivity index (χ4v) is 2.01. The Bertz CT molecular complexity index is 719. The number of halogens is 3. The van der Waals surface area contributed by atoms with E-state index in [4.69, 9.17) is 10.00 Å². The van der Waals surface area contributed by atoms with Crippen LogP contribution in [0.5, 0.6) is 5.75 Å². The highest BCUT2D eigenvalue weighted by molar-refractivity contribution is 9.10. The van der Waals surface area contributed by atoms with Gasteiger partial charge in [-0.25, -0.2) is 8.78 Å². The predicted octanol–water partition coefficient (Wildman–Crippen LogP) is 3.62. The molecule has 4 nitrogen and oxygen atoms in total. The van der Waals surface area contributed by atoms with E-state index in [9.17, 15) is 13.6 Å². The lowest BCUT2D eigenvalue weighted by atomic mass is 10.2. The maximum atomic E-state index is 13.6. The summed E-state index contributed by atoms with van der Waals surface area (Å²) in [7, 11) is 0. The van der Waals surface area contributed by atoms with Crippen LogP contribution in [0, 0.1) is 23.0 Å². The van der Waals surface area contributed by atoms with Gasteiger partial charge in [0.1, 0.15) is 11.4 Å². The molecule has 0 bridgehead atoms. The van der Waals surface area contributed by atoms with Crippen LogP contribution in [0.2, 0.25) is 0 Å². The molecule has 2 aromatic carbocycles. The third kappa shape index (κ3) is 4.02. The third-order valence-electron chi connectivity index (χ3n) is 2.62. The van der Waals surface area contributed by atoms with E-state index in [2.05, 4.69) is 21.2 Å². The Labute approximate surface area is 133 Å². The Hall–Kier alpha value is -2.46. The standard InChI is InChI=1S/C15H9BrF2N2O2/c16-10-5-12(17)15(13(18)6-10)20-14(21)8-22-11-3-1-9(7-19)2-4-11/h1-6H,8H2,(H,20,21). The number of benzene rings is 2. The minimum Gasteiger partial charge on any atom is -0.484 e. The fourth-order valence-electron chi connectivity index (χ4n) is 1.61. The van der Waals surface area contributed by atoms with Crippen LogP contribution in [0.4, 0.5) is 14.5 Å². The van der Waals surface area contributed by atoms with E-state index in [0.29, 0.717) is 11.3 Å². The summed E-state index contributed by atoms with van der Waals surface area (Å²) >= 11 is 2.95. The normalized spacial score (nSPS) is 9.91. The molecule has 0 fully saturated rings. The van der Waals surface area contributed by atoms with Crippen LogP contribution in [0.3, 0.4) is 0 Å². The van der Waals surface area contributed by atoms with E-state index in [-0.39, 0.29) is 4.47 Å². The summed E-state index contributed by atoms with van der Waals surface area (Å²) in [4.78, 5) is 11.7. The molecule has 2 rings (SSSR count). The Balaban J connectivity index is 1.97. The number of hydrogen-bond acceptors (Lipinski definition) is 3. The molecule has 0 aromatic heterocycles. The number of rotatable bonds is 4. The lowest BCUT2D eigenvalue weighted by Gasteiger charge is -2.09. The summed E-state index contributed by atoms with van der Waals surface area (Å²) in [5.41, 5.74) is -0.0764. The van der Waals surface area contributed by atoms with E-state index >= 15 is 0 Å². The van der Waals surface area contributed by atoms with Gasteiger partial charge in [-0.2, -0.15) is 5.26 Å². The van der Waals surface area contributed by atoms with Gasteiger partial charge < -0.3 is 10.1 Å². The average molecular weight is 367 g/mol. The second-order valence-electron chi connectivity index (χ2n) is 4.22. The fraction of sp³-hybridized carbons (Fsp3) is 0.0667. The molecule has 0 unspecified atom stereocenters. The van der Waals surface area contributed by atoms with Crippen molar-refractivity contribution in [3.05, 3.63) is 58.1 Å². The molecule has 0 aliphatic heterocycles. The molecule has 0 spiro atoms. The molecule has 0 aliphatic carbocycles. The summed E-state index contributed by atoms with van der Waals surface area (Å²) in [6.07, 6.45) is 0. The number of carbonyl (C=O) groups is 1. The van der Waals surface area contributed by atoms with Gasteiger partial charge >= 0.3 is 0 Å². The Morgan fingerprint density at radius 3 is 2.36 bits per heavy atom. The van der Waals surface area contributed by atoms with Crippen molar-refractivity contribution in [2.45, 2.75) is 0 Å². The maximum absolute atomic E-state index is 13.6. The van der Waals surface area contributed by atoms with Gasteiger partial charge in [-0.3, -0.25) is 4.79 Å². The first kappa shape index (κ1) is 15.9. The van der Waals surface area contributed by atoms with E-state index in [1.807, 2.05) is 6.07 Å². The van der Waals surface area contributed by atoms with Crippen LogP contribution in [-0.2, 0) is 4.79 Å². The molecule has 1 N–H and O–H groups in total. The molecule has 2 aromatic rings. The van der Waals surface area contributed by atoms with Crippen LogP contribution in [-0.4, -0.2) is 12.5 Å². The number of ether oxygens (including phenoxy) is 1. The largest absolute Gasteiger partial charge is 0.484 e. The summed E-state index contributed by atoms with van der Waals surface area (Å²) in [6, 6.07) is 10.1. The molecule has 22 heavy (non-hydrogen) atoms. The highest BCUT2D eigenvalue weighted by Gasteiger charge is 2.14. The lowest BCUT2D eigenvalue weighted by molar-refractivity contribution is -0.118. The zero-order chi connectivity index (χ0) is 16.1. The van der Waals surface area contributed by atoms with Crippen molar-refractivity contribution < 1.29 is 18.3 Å². The molecule has 0 saturated heterocycles. The zero-order valence-corrected chi connectivity index (χ0v) is 12.7. The Kier molecular flexibility index (Phi) is 5.07. The van der Waals surface area contributed by atoms with Gasteiger partial charge in [0.15, 0.2) is 18.2 Å². The summed E-state index contributed by atoms with van der Waals surface area (Å²) in [6.45, 7) is -0.416. The summed E-state index contributed by atoms with van der Waals surface area (Å²) < 4.78 is 32.5. The summed E-state index contributed by atoms with van der Waals surface area (Å²) in [5.74, 6) is -2.12. The van der Waals surface area contributed by atoms with Crippen molar-refractivity contribution in [1.82, 2.24) is 0 Å². The second kappa shape index (κ2) is 7.00. The number of carbonyl (C=O) groups excluding carboxylic acids is 1. The first-order valence-corrected chi connectivity index (χ1v) is 6.86. The lowest BCUT2D eigenvalue weighted by Crippen LogP contribution is -2.21. The quantitative estimate of drug-likeness (QED) is 0.898. The second-order valence-corrected chi connectivity index (χ2v) is 5.13. The summed E-state index contributed by atoms with van der Waals surface area (Å²) in [5, 5.41) is 10.8. The molecule has 0 saturated carbocycles. The molecule has 7 heteroatoms. The van der Waals surface area contributed by atoms with Crippen LogP contribution in [0.25, 0.3) is 0 Å². The highest BCUT2D eigenvalue weighted by atomic mass is 79.9. The minimum atomic E-state index is -0.890. The number of hydrogen-bond donors (Lipinski definition) is 1. The number of nitrogens with one attached hydrogen (secondary N) is 1. The average Bonchev–Trinajstić information content (AvgIpc) is 2.49. The highest BCUT2D eigenvalue weighted by Crippen LogP contribution is 2.23. The topological polar surface area (TPSA) is 62.1 Å². The van der Waals surface area contributed by atoms with Gasteiger partial charge in [-0.15, -0.1) is 0 Å². The molecule has 112 valence electrons. The van der Waals surface area contributed by atoms with E-state index < -0.39 is 29.8 Å². The van der Waals surface area contributed by atoms with Crippen LogP contribution < -0.4 is 10.1 Å². The SMILES string of the molecule is N#Cc1ccc(OCC(=O)Nc2c(F)cc(Br)cc2F)cc1. The molecular weight excluding hydrogens is 358 g/mol. The number of nitriles is 1. The zero-order valence-electron chi connectivity index (χ0n) is 11.1. The van der Waals surface area contributed by atoms with Gasteiger partial charge in [0.2, 0.25) is 0 Å². The van der Waals surface area contributed by atoms with Crippen molar-refractivity contribution in [2.75, 3.05) is 11.9 Å². The van der Waals surface area contributed by atoms with E-state index in [1.165, 1.54) is 24.3 Å². The molecule has 0 atom stereocenters. The first-order chi connectivity index (χ1) is 10.5. The van der Waals surface area contributed by atoms with Gasteiger partial charge in [-0.05, 0) is 36.4 Å². The van der Waals surface area contributed by atoms with Gasteiger partial charge in [0, 0.05) is 4.47 Å². The number of amides is 1. The molecule has 0 heterocycles. The van der Waals surface area contributed by atoms with Crippen molar-refractivity contribution >= 4 is 27.5 Å². The molecular formula is C15H9BrF2N2O2. The predicted molar refractivity (Wildman–Crippen MR) is 79.3 cm³/mol. The smallest absolute Gasteiger partial charge is 0.262 e. The first-order valence-electron chi connectivity index (χ1n) is 6.07. The van der Waals surface area contributed by atoms with E-state index in [0.717, 1.165) is 12.1 Å². The minimum absolute atomic E-state index is 0.231. The third-order valence-corrected chi connectivity index (χ3v) is 3.08. The van der Waals surface area contributed by atoms with Gasteiger partial charge in [-0.1, -0.05) is 15.9 Å². The monoisotopic (exact) mass is 366 g/mol.